The fourth-order valence-electron chi connectivity index (χ4n) is 3.27. The van der Waals surface area contributed by atoms with E-state index in [1.54, 1.807) is 0 Å². The van der Waals surface area contributed by atoms with Crippen LogP contribution in [0.3, 0.4) is 0 Å². The molecule has 0 aliphatic heterocycles. The van der Waals surface area contributed by atoms with Crippen LogP contribution in [0.4, 0.5) is 0 Å². The van der Waals surface area contributed by atoms with Crippen LogP contribution in [0.2, 0.25) is 0 Å². The number of hydrogen-bond donors (Lipinski definition) is 1. The lowest BCUT2D eigenvalue weighted by atomic mass is 9.69. The third kappa shape index (κ3) is 0.658. The molecule has 2 bridgehead atoms. The predicted octanol–water partition coefficient (Wildman–Crippen LogP) is 2.16. The lowest BCUT2D eigenvalue weighted by molar-refractivity contribution is 0.136. The maximum Gasteiger partial charge on any atom is 0.0101 e. The van der Waals surface area contributed by atoms with Gasteiger partial charge in [0.1, 0.15) is 0 Å². The molecule has 1 heteroatoms. The van der Waals surface area contributed by atoms with Crippen LogP contribution >= 0.6 is 0 Å². The lowest BCUT2D eigenvalue weighted by Gasteiger charge is -2.37. The Morgan fingerprint density at radius 2 is 1.91 bits per heavy atom. The minimum atomic E-state index is 0.442. The summed E-state index contributed by atoms with van der Waals surface area (Å²) in [6.07, 6.45) is 4.03. The highest BCUT2D eigenvalue weighted by Crippen LogP contribution is 2.64. The maximum absolute atomic E-state index is 6.13. The number of rotatable bonds is 0. The van der Waals surface area contributed by atoms with E-state index in [4.69, 9.17) is 5.73 Å². The molecule has 0 saturated heterocycles. The molecule has 2 aliphatic carbocycles. The summed E-state index contributed by atoms with van der Waals surface area (Å²) in [7, 11) is 0. The van der Waals surface area contributed by atoms with Crippen LogP contribution in [0.1, 0.15) is 40.0 Å². The second kappa shape index (κ2) is 1.82. The second-order valence-electron chi connectivity index (χ2n) is 5.22. The van der Waals surface area contributed by atoms with Crippen molar-refractivity contribution in [2.45, 2.75) is 46.1 Å². The molecule has 1 unspecified atom stereocenters. The molecule has 0 amide bonds. The zero-order valence-electron chi connectivity index (χ0n) is 7.85. The average molecular weight is 153 g/mol. The fraction of sp³-hybridized carbons (Fsp3) is 1.00. The van der Waals surface area contributed by atoms with Crippen molar-refractivity contribution in [2.75, 3.05) is 0 Å². The van der Waals surface area contributed by atoms with Crippen molar-refractivity contribution in [2.24, 2.45) is 22.5 Å². The van der Waals surface area contributed by atoms with Gasteiger partial charge in [-0.2, -0.15) is 0 Å². The SMILES string of the molecule is CC1(C)[C@@H]2CC[C@@]1(C)C(N)C2. The highest BCUT2D eigenvalue weighted by atomic mass is 14.8. The first-order valence-corrected chi connectivity index (χ1v) is 4.74. The minimum absolute atomic E-state index is 0.442. The number of nitrogens with two attached hydrogens (primary N) is 1. The van der Waals surface area contributed by atoms with Crippen LogP contribution in [0.5, 0.6) is 0 Å². The van der Waals surface area contributed by atoms with Gasteiger partial charge in [0.2, 0.25) is 0 Å². The Kier molecular flexibility index (Phi) is 1.26. The van der Waals surface area contributed by atoms with Gasteiger partial charge >= 0.3 is 0 Å². The summed E-state index contributed by atoms with van der Waals surface area (Å²) in [5.41, 5.74) is 7.08. The van der Waals surface area contributed by atoms with Crippen molar-refractivity contribution in [3.8, 4) is 0 Å². The Balaban J connectivity index is 2.40. The van der Waals surface area contributed by atoms with E-state index in [-0.39, 0.29) is 0 Å². The summed E-state index contributed by atoms with van der Waals surface area (Å²) in [5, 5.41) is 0. The van der Waals surface area contributed by atoms with Crippen LogP contribution in [-0.2, 0) is 0 Å². The number of hydrogen-bond acceptors (Lipinski definition) is 1. The minimum Gasteiger partial charge on any atom is -0.327 e. The Morgan fingerprint density at radius 1 is 1.27 bits per heavy atom. The first-order valence-electron chi connectivity index (χ1n) is 4.74. The van der Waals surface area contributed by atoms with Gasteiger partial charge in [-0.3, -0.25) is 0 Å². The maximum atomic E-state index is 6.13. The van der Waals surface area contributed by atoms with E-state index in [0.717, 1.165) is 5.92 Å². The number of fused-ring (bicyclic) bond motifs is 2. The molecule has 2 fully saturated rings. The fourth-order valence-corrected chi connectivity index (χ4v) is 3.27. The quantitative estimate of drug-likeness (QED) is 0.567. The van der Waals surface area contributed by atoms with Crippen LogP contribution in [0.25, 0.3) is 0 Å². The molecule has 2 N–H and O–H groups in total. The first-order chi connectivity index (χ1) is 4.98. The summed E-state index contributed by atoms with van der Waals surface area (Å²) >= 11 is 0. The molecule has 0 heterocycles. The predicted molar refractivity (Wildman–Crippen MR) is 47.2 cm³/mol. The molecule has 2 saturated carbocycles. The zero-order chi connectivity index (χ0) is 8.28. The highest BCUT2D eigenvalue weighted by molar-refractivity contribution is 5.11. The Bertz CT molecular complexity index is 185. The summed E-state index contributed by atoms with van der Waals surface area (Å²) in [6.45, 7) is 7.18. The molecular weight excluding hydrogens is 134 g/mol. The normalized spacial score (nSPS) is 53.5. The van der Waals surface area contributed by atoms with Crippen molar-refractivity contribution in [1.29, 1.82) is 0 Å². The van der Waals surface area contributed by atoms with E-state index < -0.39 is 0 Å². The van der Waals surface area contributed by atoms with Crippen molar-refractivity contribution in [3.05, 3.63) is 0 Å². The van der Waals surface area contributed by atoms with E-state index >= 15 is 0 Å². The largest absolute Gasteiger partial charge is 0.327 e. The molecular formula is C10H19N. The van der Waals surface area contributed by atoms with E-state index in [1.165, 1.54) is 19.3 Å². The average Bonchev–Trinajstić information content (AvgIpc) is 2.20. The molecule has 0 aromatic rings. The molecule has 2 aliphatic rings. The van der Waals surface area contributed by atoms with Gasteiger partial charge in [-0.05, 0) is 36.0 Å². The van der Waals surface area contributed by atoms with Crippen LogP contribution in [-0.4, -0.2) is 6.04 Å². The van der Waals surface area contributed by atoms with Gasteiger partial charge in [0.15, 0.2) is 0 Å². The second-order valence-corrected chi connectivity index (χ2v) is 5.22. The third-order valence-electron chi connectivity index (χ3n) is 4.86. The molecule has 64 valence electrons. The molecule has 11 heavy (non-hydrogen) atoms. The monoisotopic (exact) mass is 153 g/mol. The van der Waals surface area contributed by atoms with Crippen LogP contribution in [0, 0.1) is 16.7 Å². The van der Waals surface area contributed by atoms with Gasteiger partial charge in [-0.25, -0.2) is 0 Å². The van der Waals surface area contributed by atoms with Crippen molar-refractivity contribution < 1.29 is 0 Å². The molecule has 2 rings (SSSR count). The van der Waals surface area contributed by atoms with Crippen LogP contribution < -0.4 is 5.73 Å². The molecule has 0 aromatic carbocycles. The Morgan fingerprint density at radius 3 is 2.09 bits per heavy atom. The smallest absolute Gasteiger partial charge is 0.0101 e. The van der Waals surface area contributed by atoms with Crippen molar-refractivity contribution >= 4 is 0 Å². The van der Waals surface area contributed by atoms with E-state index in [2.05, 4.69) is 20.8 Å². The third-order valence-corrected chi connectivity index (χ3v) is 4.86. The van der Waals surface area contributed by atoms with Gasteiger partial charge in [0.25, 0.3) is 0 Å². The summed E-state index contributed by atoms with van der Waals surface area (Å²) in [4.78, 5) is 0. The van der Waals surface area contributed by atoms with Crippen molar-refractivity contribution in [3.63, 3.8) is 0 Å². The molecule has 0 spiro atoms. The van der Waals surface area contributed by atoms with Crippen molar-refractivity contribution in [1.82, 2.24) is 0 Å². The molecule has 3 atom stereocenters. The van der Waals surface area contributed by atoms with Gasteiger partial charge in [-0.1, -0.05) is 20.8 Å². The topological polar surface area (TPSA) is 26.0 Å². The van der Waals surface area contributed by atoms with Gasteiger partial charge in [0.05, 0.1) is 0 Å². The standard InChI is InChI=1S/C10H19N/c1-9(2)7-4-5-10(9,3)8(11)6-7/h7-8H,4-6,11H2,1-3H3/t7-,8?,10+/m1/s1. The Labute approximate surface area is 69.4 Å². The molecule has 0 aromatic heterocycles. The van der Waals surface area contributed by atoms with E-state index in [9.17, 15) is 0 Å². The van der Waals surface area contributed by atoms with Crippen LogP contribution in [0.15, 0.2) is 0 Å². The summed E-state index contributed by atoms with van der Waals surface area (Å²) < 4.78 is 0. The first kappa shape index (κ1) is 7.60. The van der Waals surface area contributed by atoms with Gasteiger partial charge in [0, 0.05) is 6.04 Å². The summed E-state index contributed by atoms with van der Waals surface area (Å²) in [6, 6.07) is 0.469. The lowest BCUT2D eigenvalue weighted by Crippen LogP contribution is -2.40. The van der Waals surface area contributed by atoms with Gasteiger partial charge in [-0.15, -0.1) is 0 Å². The molecule has 1 nitrogen and oxygen atoms in total. The van der Waals surface area contributed by atoms with Gasteiger partial charge < -0.3 is 5.73 Å². The highest BCUT2D eigenvalue weighted by Gasteiger charge is 2.59. The summed E-state index contributed by atoms with van der Waals surface area (Å²) in [5.74, 6) is 0.905. The zero-order valence-corrected chi connectivity index (χ0v) is 7.85. The van der Waals surface area contributed by atoms with E-state index in [0.29, 0.717) is 16.9 Å². The molecule has 0 radical (unpaired) electrons. The van der Waals surface area contributed by atoms with E-state index in [1.807, 2.05) is 0 Å². The Hall–Kier alpha value is -0.0400.